The number of benzene rings is 1. The third kappa shape index (κ3) is 5.97. The van der Waals surface area contributed by atoms with Gasteiger partial charge in [0.05, 0.1) is 23.4 Å². The number of amides is 2. The van der Waals surface area contributed by atoms with Gasteiger partial charge in [-0.15, -0.1) is 0 Å². The zero-order valence-corrected chi connectivity index (χ0v) is 18.6. The van der Waals surface area contributed by atoms with Crippen LogP contribution in [0.15, 0.2) is 18.2 Å². The average Bonchev–Trinajstić information content (AvgIpc) is 2.93. The predicted octanol–water partition coefficient (Wildman–Crippen LogP) is 3.84. The Balaban J connectivity index is 1.81. The molecule has 0 bridgehead atoms. The number of ether oxygens (including phenoxy) is 1. The Kier molecular flexibility index (Phi) is 7.30. The van der Waals surface area contributed by atoms with Crippen LogP contribution in [0.5, 0.6) is 5.75 Å². The zero-order valence-electron chi connectivity index (χ0n) is 17.9. The fraction of sp³-hybridized carbons (Fsp3) is 0.476. The van der Waals surface area contributed by atoms with Gasteiger partial charge in [0, 0.05) is 17.1 Å². The van der Waals surface area contributed by atoms with Gasteiger partial charge in [0.1, 0.15) is 5.75 Å². The van der Waals surface area contributed by atoms with Crippen molar-refractivity contribution >= 4 is 23.4 Å². The lowest BCUT2D eigenvalue weighted by Crippen LogP contribution is -2.42. The number of hydrogen-bond donors (Lipinski definition) is 2. The molecule has 0 radical (unpaired) electrons. The number of nitrogens with one attached hydrogen (secondary N) is 2. The first-order valence-electron chi connectivity index (χ1n) is 9.55. The lowest BCUT2D eigenvalue weighted by atomic mass is 10.1. The summed E-state index contributed by atoms with van der Waals surface area (Å²) in [4.78, 5) is 24.5. The van der Waals surface area contributed by atoms with E-state index >= 15 is 0 Å². The van der Waals surface area contributed by atoms with Crippen molar-refractivity contribution in [3.8, 4) is 5.75 Å². The molecule has 8 heteroatoms. The summed E-state index contributed by atoms with van der Waals surface area (Å²) in [5, 5.41) is 5.11. The van der Waals surface area contributed by atoms with E-state index in [9.17, 15) is 9.59 Å². The van der Waals surface area contributed by atoms with Crippen LogP contribution < -0.4 is 15.6 Å². The number of rotatable bonds is 6. The first-order valence-corrected chi connectivity index (χ1v) is 9.93. The van der Waals surface area contributed by atoms with E-state index in [2.05, 4.69) is 16.0 Å². The molecule has 7 nitrogen and oxygen atoms in total. The zero-order chi connectivity index (χ0) is 21.8. The smallest absolute Gasteiger partial charge is 0.273 e. The van der Waals surface area contributed by atoms with Crippen LogP contribution in [0, 0.1) is 20.8 Å². The van der Waals surface area contributed by atoms with E-state index in [0.29, 0.717) is 29.3 Å². The molecule has 1 aromatic heterocycles. The summed E-state index contributed by atoms with van der Waals surface area (Å²) in [6, 6.07) is 5.39. The highest BCUT2D eigenvalue weighted by molar-refractivity contribution is 6.30. The fourth-order valence-corrected chi connectivity index (χ4v) is 3.29. The van der Waals surface area contributed by atoms with E-state index < -0.39 is 0 Å². The molecule has 158 valence electrons. The monoisotopic (exact) mass is 420 g/mol. The van der Waals surface area contributed by atoms with Gasteiger partial charge in [-0.05, 0) is 71.7 Å². The molecular formula is C21H29ClN4O3. The second-order valence-corrected chi connectivity index (χ2v) is 8.43. The molecule has 0 fully saturated rings. The summed E-state index contributed by atoms with van der Waals surface area (Å²) in [6.07, 6.45) is 0.746. The number of halogens is 1. The van der Waals surface area contributed by atoms with Crippen molar-refractivity contribution < 1.29 is 14.3 Å². The Bertz CT molecular complexity index is 900. The van der Waals surface area contributed by atoms with Crippen molar-refractivity contribution in [3.63, 3.8) is 0 Å². The molecule has 2 aromatic rings. The molecule has 0 unspecified atom stereocenters. The number of aromatic nitrogens is 2. The van der Waals surface area contributed by atoms with Crippen LogP contribution in [0.3, 0.4) is 0 Å². The normalized spacial score (nSPS) is 11.3. The Morgan fingerprint density at radius 2 is 1.86 bits per heavy atom. The molecule has 0 aliphatic rings. The van der Waals surface area contributed by atoms with E-state index in [1.54, 1.807) is 19.1 Å². The largest absolute Gasteiger partial charge is 0.493 e. The molecule has 2 rings (SSSR count). The first-order chi connectivity index (χ1) is 13.5. The van der Waals surface area contributed by atoms with Crippen LogP contribution in [0.2, 0.25) is 5.02 Å². The third-order valence-electron chi connectivity index (χ3n) is 4.41. The third-order valence-corrected chi connectivity index (χ3v) is 4.65. The molecule has 1 aromatic carbocycles. The number of hydrogen-bond acceptors (Lipinski definition) is 4. The van der Waals surface area contributed by atoms with Crippen LogP contribution in [0.1, 0.15) is 60.9 Å². The number of nitrogens with zero attached hydrogens (tertiary/aromatic N) is 2. The van der Waals surface area contributed by atoms with Gasteiger partial charge in [0.2, 0.25) is 5.91 Å². The number of hydrazine groups is 1. The van der Waals surface area contributed by atoms with Crippen molar-refractivity contribution in [3.05, 3.63) is 45.7 Å². The molecule has 0 saturated heterocycles. The molecule has 0 aliphatic carbocycles. The highest BCUT2D eigenvalue weighted by Gasteiger charge is 2.24. The van der Waals surface area contributed by atoms with Gasteiger partial charge >= 0.3 is 0 Å². The predicted molar refractivity (Wildman–Crippen MR) is 113 cm³/mol. The van der Waals surface area contributed by atoms with E-state index in [-0.39, 0.29) is 23.8 Å². The quantitative estimate of drug-likeness (QED) is 0.549. The van der Waals surface area contributed by atoms with Crippen LogP contribution in [-0.2, 0) is 10.3 Å². The second-order valence-electron chi connectivity index (χ2n) is 7.99. The van der Waals surface area contributed by atoms with E-state index in [4.69, 9.17) is 16.3 Å². The van der Waals surface area contributed by atoms with E-state index in [0.717, 1.165) is 17.0 Å². The summed E-state index contributed by atoms with van der Waals surface area (Å²) in [6.45, 7) is 12.0. The van der Waals surface area contributed by atoms with E-state index in [1.165, 1.54) is 0 Å². The average molecular weight is 421 g/mol. The van der Waals surface area contributed by atoms with Crippen LogP contribution in [0.25, 0.3) is 0 Å². The Hall–Kier alpha value is -2.54. The van der Waals surface area contributed by atoms with Gasteiger partial charge in [0.15, 0.2) is 0 Å². The summed E-state index contributed by atoms with van der Waals surface area (Å²) < 4.78 is 7.48. The highest BCUT2D eigenvalue weighted by Crippen LogP contribution is 2.22. The molecule has 0 saturated carbocycles. The molecule has 0 spiro atoms. The van der Waals surface area contributed by atoms with Gasteiger partial charge in [-0.2, -0.15) is 5.10 Å². The van der Waals surface area contributed by atoms with Gasteiger partial charge in [-0.25, -0.2) is 0 Å². The number of carbonyl (C=O) groups is 2. The van der Waals surface area contributed by atoms with Crippen LogP contribution >= 0.6 is 11.6 Å². The van der Waals surface area contributed by atoms with Crippen LogP contribution in [0.4, 0.5) is 0 Å². The second kappa shape index (κ2) is 9.31. The Labute approximate surface area is 176 Å². The molecule has 1 heterocycles. The van der Waals surface area contributed by atoms with Crippen molar-refractivity contribution in [1.29, 1.82) is 0 Å². The minimum atomic E-state index is -0.378. The summed E-state index contributed by atoms with van der Waals surface area (Å²) in [7, 11) is 0. The topological polar surface area (TPSA) is 85.2 Å². The lowest BCUT2D eigenvalue weighted by molar-refractivity contribution is -0.122. The maximum atomic E-state index is 12.5. The molecule has 0 atom stereocenters. The first kappa shape index (κ1) is 22.7. The molecule has 0 aliphatic heterocycles. The lowest BCUT2D eigenvalue weighted by Gasteiger charge is -2.21. The molecule has 29 heavy (non-hydrogen) atoms. The maximum Gasteiger partial charge on any atom is 0.273 e. The minimum absolute atomic E-state index is 0.228. The van der Waals surface area contributed by atoms with Crippen molar-refractivity contribution in [2.24, 2.45) is 0 Å². The minimum Gasteiger partial charge on any atom is -0.493 e. The van der Waals surface area contributed by atoms with Gasteiger partial charge in [-0.3, -0.25) is 25.1 Å². The van der Waals surface area contributed by atoms with E-state index in [1.807, 2.05) is 45.4 Å². The fourth-order valence-electron chi connectivity index (χ4n) is 3.07. The van der Waals surface area contributed by atoms with Crippen LogP contribution in [-0.4, -0.2) is 28.2 Å². The van der Waals surface area contributed by atoms with Gasteiger partial charge in [0.25, 0.3) is 5.91 Å². The number of aryl methyl sites for hydroxylation is 2. The maximum absolute atomic E-state index is 12.5. The standard InChI is InChI=1S/C21H29ClN4O3/c1-13-12-16(22)9-10-17(13)29-11-7-8-18(27)23-24-20(28)19-14(2)25-26(15(19)3)21(4,5)6/h9-10,12H,7-8,11H2,1-6H3,(H,23,27)(H,24,28). The summed E-state index contributed by atoms with van der Waals surface area (Å²) >= 11 is 5.92. The van der Waals surface area contributed by atoms with Crippen molar-refractivity contribution in [1.82, 2.24) is 20.6 Å². The SMILES string of the molecule is Cc1cc(Cl)ccc1OCCCC(=O)NNC(=O)c1c(C)nn(C(C)(C)C)c1C. The Morgan fingerprint density at radius 1 is 1.17 bits per heavy atom. The molecular weight excluding hydrogens is 392 g/mol. The van der Waals surface area contributed by atoms with Crippen molar-refractivity contribution in [2.45, 2.75) is 59.9 Å². The highest BCUT2D eigenvalue weighted by atomic mass is 35.5. The Morgan fingerprint density at radius 3 is 2.45 bits per heavy atom. The molecule has 2 amide bonds. The number of carbonyl (C=O) groups excluding carboxylic acids is 2. The summed E-state index contributed by atoms with van der Waals surface area (Å²) in [5.41, 5.74) is 7.48. The summed E-state index contributed by atoms with van der Waals surface area (Å²) in [5.74, 6) is 0.0788. The molecule has 2 N–H and O–H groups in total. The van der Waals surface area contributed by atoms with Gasteiger partial charge < -0.3 is 4.74 Å². The van der Waals surface area contributed by atoms with Gasteiger partial charge in [-0.1, -0.05) is 11.6 Å². The van der Waals surface area contributed by atoms with Crippen molar-refractivity contribution in [2.75, 3.05) is 6.61 Å².